The van der Waals surface area contributed by atoms with Crippen LogP contribution in [0.3, 0.4) is 0 Å². The van der Waals surface area contributed by atoms with E-state index in [1.54, 1.807) is 31.3 Å². The number of aliphatic hydroxyl groups excluding tert-OH is 1. The van der Waals surface area contributed by atoms with Crippen LogP contribution >= 0.6 is 11.3 Å². The van der Waals surface area contributed by atoms with Crippen molar-refractivity contribution in [3.63, 3.8) is 0 Å². The maximum Gasteiger partial charge on any atom is 0.247 e. The van der Waals surface area contributed by atoms with E-state index in [1.807, 2.05) is 36.7 Å². The standard InChI is InChI=1S/C25H30FN5O3S/c1-14-9-21(15(2)26)29-31(14)17(4)25(34)30-12-20(32)10-22(30)24(33)27-11-18-5-7-19(8-6-18)23-16(3)28-13-35-23/h5-9,13,15,17,20,22,32H,10-12H2,1-4H3,(H,27,33)/t15?,17?,20-,22+/m1/s1. The number of thiazole rings is 1. The molecule has 0 saturated carbocycles. The summed E-state index contributed by atoms with van der Waals surface area (Å²) in [5, 5.41) is 17.4. The fourth-order valence-electron chi connectivity index (χ4n) is 4.41. The number of benzene rings is 1. The van der Waals surface area contributed by atoms with Crippen molar-refractivity contribution in [3.05, 3.63) is 58.5 Å². The van der Waals surface area contributed by atoms with E-state index >= 15 is 0 Å². The maximum absolute atomic E-state index is 13.7. The van der Waals surface area contributed by atoms with E-state index in [9.17, 15) is 19.1 Å². The summed E-state index contributed by atoms with van der Waals surface area (Å²) in [7, 11) is 0. The van der Waals surface area contributed by atoms with Crippen LogP contribution in [-0.4, -0.2) is 55.3 Å². The van der Waals surface area contributed by atoms with Crippen molar-refractivity contribution in [2.45, 2.75) is 65.0 Å². The minimum atomic E-state index is -1.25. The zero-order valence-corrected chi connectivity index (χ0v) is 21.1. The molecule has 0 bridgehead atoms. The van der Waals surface area contributed by atoms with Gasteiger partial charge in [-0.25, -0.2) is 9.37 Å². The Labute approximate surface area is 207 Å². The summed E-state index contributed by atoms with van der Waals surface area (Å²) in [5.41, 5.74) is 5.71. The molecule has 1 aliphatic rings. The smallest absolute Gasteiger partial charge is 0.247 e. The van der Waals surface area contributed by atoms with Crippen LogP contribution in [0, 0.1) is 13.8 Å². The lowest BCUT2D eigenvalue weighted by Crippen LogP contribution is -2.47. The number of amides is 2. The molecule has 35 heavy (non-hydrogen) atoms. The molecule has 10 heteroatoms. The highest BCUT2D eigenvalue weighted by Crippen LogP contribution is 2.28. The van der Waals surface area contributed by atoms with E-state index in [1.165, 1.54) is 16.5 Å². The number of carbonyl (C=O) groups is 2. The van der Waals surface area contributed by atoms with E-state index in [0.717, 1.165) is 21.7 Å². The molecule has 0 radical (unpaired) electrons. The van der Waals surface area contributed by atoms with Crippen LogP contribution in [0.15, 0.2) is 35.8 Å². The molecule has 1 fully saturated rings. The van der Waals surface area contributed by atoms with Crippen molar-refractivity contribution in [1.29, 1.82) is 0 Å². The lowest BCUT2D eigenvalue weighted by Gasteiger charge is -2.27. The summed E-state index contributed by atoms with van der Waals surface area (Å²) in [6.45, 7) is 7.16. The van der Waals surface area contributed by atoms with Crippen LogP contribution in [0.1, 0.15) is 55.1 Å². The van der Waals surface area contributed by atoms with Crippen LogP contribution in [0.25, 0.3) is 10.4 Å². The second-order valence-electron chi connectivity index (χ2n) is 9.02. The molecule has 0 aliphatic carbocycles. The molecule has 1 aromatic carbocycles. The molecule has 3 aromatic rings. The SMILES string of the molecule is Cc1ncsc1-c1ccc(CNC(=O)[C@@H]2C[C@@H](O)CN2C(=O)C(C)n2nc(C(C)F)cc2C)cc1. The van der Waals surface area contributed by atoms with Gasteiger partial charge in [0.1, 0.15) is 18.3 Å². The molecule has 2 amide bonds. The number of likely N-dealkylation sites (tertiary alicyclic amines) is 1. The molecule has 2 aromatic heterocycles. The Morgan fingerprint density at radius 2 is 1.97 bits per heavy atom. The molecular weight excluding hydrogens is 469 g/mol. The molecule has 2 unspecified atom stereocenters. The number of rotatable bonds is 7. The molecule has 2 N–H and O–H groups in total. The first-order chi connectivity index (χ1) is 16.7. The van der Waals surface area contributed by atoms with Gasteiger partial charge in [-0.05, 0) is 44.9 Å². The Bertz CT molecular complexity index is 1210. The molecule has 1 saturated heterocycles. The summed E-state index contributed by atoms with van der Waals surface area (Å²) >= 11 is 1.58. The summed E-state index contributed by atoms with van der Waals surface area (Å²) in [6.07, 6.45) is -1.87. The maximum atomic E-state index is 13.7. The number of carbonyl (C=O) groups excluding carboxylic acids is 2. The molecule has 1 aliphatic heterocycles. The van der Waals surface area contributed by atoms with E-state index in [0.29, 0.717) is 12.2 Å². The minimum absolute atomic E-state index is 0.0663. The Hall–Kier alpha value is -3.11. The highest BCUT2D eigenvalue weighted by Gasteiger charge is 2.41. The highest BCUT2D eigenvalue weighted by molar-refractivity contribution is 7.13. The van der Waals surface area contributed by atoms with E-state index in [4.69, 9.17) is 0 Å². The van der Waals surface area contributed by atoms with Gasteiger partial charge in [0, 0.05) is 25.2 Å². The Morgan fingerprint density at radius 1 is 1.26 bits per heavy atom. The van der Waals surface area contributed by atoms with Gasteiger partial charge in [0.25, 0.3) is 0 Å². The van der Waals surface area contributed by atoms with Crippen LogP contribution in [0.4, 0.5) is 4.39 Å². The van der Waals surface area contributed by atoms with Crippen molar-refractivity contribution in [2.75, 3.05) is 6.54 Å². The predicted molar refractivity (Wildman–Crippen MR) is 131 cm³/mol. The predicted octanol–water partition coefficient (Wildman–Crippen LogP) is 3.49. The van der Waals surface area contributed by atoms with Gasteiger partial charge in [0.15, 0.2) is 0 Å². The quantitative estimate of drug-likeness (QED) is 0.518. The second-order valence-corrected chi connectivity index (χ2v) is 9.88. The van der Waals surface area contributed by atoms with Crippen molar-refractivity contribution < 1.29 is 19.1 Å². The average Bonchev–Trinajstić information content (AvgIpc) is 3.55. The first kappa shape index (κ1) is 25.0. The summed E-state index contributed by atoms with van der Waals surface area (Å²) in [4.78, 5) is 33.1. The summed E-state index contributed by atoms with van der Waals surface area (Å²) in [6, 6.07) is 8.00. The zero-order chi connectivity index (χ0) is 25.3. The van der Waals surface area contributed by atoms with Crippen molar-refractivity contribution in [3.8, 4) is 10.4 Å². The lowest BCUT2D eigenvalue weighted by molar-refractivity contribution is -0.141. The van der Waals surface area contributed by atoms with Crippen molar-refractivity contribution in [1.82, 2.24) is 25.0 Å². The highest BCUT2D eigenvalue weighted by atomic mass is 32.1. The fraction of sp³-hybridized carbons (Fsp3) is 0.440. The zero-order valence-electron chi connectivity index (χ0n) is 20.2. The van der Waals surface area contributed by atoms with E-state index in [2.05, 4.69) is 15.4 Å². The monoisotopic (exact) mass is 499 g/mol. The third kappa shape index (κ3) is 5.28. The topological polar surface area (TPSA) is 100 Å². The van der Waals surface area contributed by atoms with Gasteiger partial charge in [0.05, 0.1) is 27.9 Å². The number of nitrogens with one attached hydrogen (secondary N) is 1. The van der Waals surface area contributed by atoms with Gasteiger partial charge in [-0.3, -0.25) is 14.3 Å². The largest absolute Gasteiger partial charge is 0.391 e. The van der Waals surface area contributed by atoms with E-state index < -0.39 is 24.4 Å². The number of hydrogen-bond acceptors (Lipinski definition) is 6. The van der Waals surface area contributed by atoms with Crippen LogP contribution in [0.5, 0.6) is 0 Å². The Morgan fingerprint density at radius 3 is 2.57 bits per heavy atom. The van der Waals surface area contributed by atoms with Gasteiger partial charge < -0.3 is 15.3 Å². The first-order valence-corrected chi connectivity index (χ1v) is 12.5. The molecule has 0 spiro atoms. The van der Waals surface area contributed by atoms with Gasteiger partial charge in [-0.2, -0.15) is 5.10 Å². The number of hydrogen-bond donors (Lipinski definition) is 2. The molecule has 186 valence electrons. The number of aromatic nitrogens is 3. The number of alkyl halides is 1. The lowest BCUT2D eigenvalue weighted by atomic mass is 10.1. The van der Waals surface area contributed by atoms with Crippen molar-refractivity contribution >= 4 is 23.2 Å². The minimum Gasteiger partial charge on any atom is -0.391 e. The van der Waals surface area contributed by atoms with Gasteiger partial charge in [-0.1, -0.05) is 24.3 Å². The third-order valence-electron chi connectivity index (χ3n) is 6.37. The van der Waals surface area contributed by atoms with Gasteiger partial charge in [0.2, 0.25) is 11.8 Å². The van der Waals surface area contributed by atoms with Gasteiger partial charge >= 0.3 is 0 Å². The number of halogens is 1. The number of β-amino-alcohol motifs (C(OH)–C–C–N with tert-alkyl or cyclic N) is 1. The number of nitrogens with zero attached hydrogens (tertiary/aromatic N) is 4. The normalized spacial score (nSPS) is 19.5. The molecular formula is C25H30FN5O3S. The second kappa shape index (κ2) is 10.2. The molecule has 4 rings (SSSR count). The van der Waals surface area contributed by atoms with Crippen molar-refractivity contribution in [2.24, 2.45) is 0 Å². The number of aryl methyl sites for hydroxylation is 2. The molecule has 4 atom stereocenters. The summed E-state index contributed by atoms with van der Waals surface area (Å²) in [5.74, 6) is -0.657. The molecule has 8 nitrogen and oxygen atoms in total. The van der Waals surface area contributed by atoms with Crippen LogP contribution < -0.4 is 5.32 Å². The third-order valence-corrected chi connectivity index (χ3v) is 7.34. The number of aliphatic hydroxyl groups is 1. The van der Waals surface area contributed by atoms with Gasteiger partial charge in [-0.15, -0.1) is 11.3 Å². The van der Waals surface area contributed by atoms with E-state index in [-0.39, 0.29) is 30.5 Å². The Kier molecular flexibility index (Phi) is 7.32. The fourth-order valence-corrected chi connectivity index (χ4v) is 5.22. The Balaban J connectivity index is 1.41. The van der Waals surface area contributed by atoms with Crippen LogP contribution in [0.2, 0.25) is 0 Å². The average molecular weight is 500 g/mol. The van der Waals surface area contributed by atoms with Crippen LogP contribution in [-0.2, 0) is 16.1 Å². The summed E-state index contributed by atoms with van der Waals surface area (Å²) < 4.78 is 15.2. The molecule has 3 heterocycles. The first-order valence-electron chi connectivity index (χ1n) is 11.6.